The Morgan fingerprint density at radius 3 is 2.61 bits per heavy atom. The molecule has 8 nitrogen and oxygen atoms in total. The quantitative estimate of drug-likeness (QED) is 0.291. The van der Waals surface area contributed by atoms with E-state index >= 15 is 0 Å². The number of rotatable bonds is 7. The second-order valence-electron chi connectivity index (χ2n) is 7.86. The van der Waals surface area contributed by atoms with Gasteiger partial charge in [0, 0.05) is 23.2 Å². The van der Waals surface area contributed by atoms with Crippen LogP contribution in [-0.2, 0) is 13.0 Å². The zero-order valence-electron chi connectivity index (χ0n) is 19.3. The minimum atomic E-state index is -0.319. The summed E-state index contributed by atoms with van der Waals surface area (Å²) in [6.07, 6.45) is 0.765. The molecule has 2 N–H and O–H groups in total. The van der Waals surface area contributed by atoms with Gasteiger partial charge < -0.3 is 10.1 Å². The Morgan fingerprint density at radius 1 is 1.03 bits per heavy atom. The lowest BCUT2D eigenvalue weighted by molar-refractivity contribution is 0.0977. The SMILES string of the molecule is CCc1nnc2sc(-c3ccc(NC(=S)NC(=O)c4cccc(OCc5ccccc5)c4)cc3)nn12. The lowest BCUT2D eigenvalue weighted by Gasteiger charge is -2.11. The summed E-state index contributed by atoms with van der Waals surface area (Å²) >= 11 is 6.82. The minimum Gasteiger partial charge on any atom is -0.489 e. The van der Waals surface area contributed by atoms with Crippen LogP contribution in [0.4, 0.5) is 5.69 Å². The highest BCUT2D eigenvalue weighted by Crippen LogP contribution is 2.26. The Balaban J connectivity index is 1.18. The van der Waals surface area contributed by atoms with Gasteiger partial charge in [-0.25, -0.2) is 0 Å². The molecule has 1 amide bonds. The van der Waals surface area contributed by atoms with Crippen molar-refractivity contribution < 1.29 is 9.53 Å². The molecule has 36 heavy (non-hydrogen) atoms. The molecule has 0 atom stereocenters. The van der Waals surface area contributed by atoms with Crippen LogP contribution < -0.4 is 15.4 Å². The lowest BCUT2D eigenvalue weighted by atomic mass is 10.2. The van der Waals surface area contributed by atoms with E-state index in [-0.39, 0.29) is 11.0 Å². The number of ether oxygens (including phenoxy) is 1. The van der Waals surface area contributed by atoms with Crippen molar-refractivity contribution >= 4 is 45.2 Å². The molecule has 0 aliphatic carbocycles. The molecular weight excluding hydrogens is 492 g/mol. The summed E-state index contributed by atoms with van der Waals surface area (Å²) in [5.41, 5.74) is 3.22. The van der Waals surface area contributed by atoms with Crippen LogP contribution in [0, 0.1) is 0 Å². The molecule has 2 aromatic heterocycles. The normalized spacial score (nSPS) is 10.8. The van der Waals surface area contributed by atoms with Gasteiger partial charge in [-0.05, 0) is 60.2 Å². The first kappa shape index (κ1) is 23.6. The monoisotopic (exact) mass is 514 g/mol. The van der Waals surface area contributed by atoms with Crippen LogP contribution in [0.2, 0.25) is 0 Å². The van der Waals surface area contributed by atoms with Gasteiger partial charge in [0.25, 0.3) is 5.91 Å². The van der Waals surface area contributed by atoms with E-state index in [0.29, 0.717) is 17.9 Å². The van der Waals surface area contributed by atoms with Crippen LogP contribution in [-0.4, -0.2) is 30.8 Å². The number of aryl methyl sites for hydroxylation is 1. The predicted octanol–water partition coefficient (Wildman–Crippen LogP) is 5.12. The van der Waals surface area contributed by atoms with Crippen LogP contribution >= 0.6 is 23.6 Å². The number of aromatic nitrogens is 4. The van der Waals surface area contributed by atoms with E-state index in [9.17, 15) is 4.79 Å². The fourth-order valence-electron chi connectivity index (χ4n) is 3.50. The molecule has 180 valence electrons. The van der Waals surface area contributed by atoms with Gasteiger partial charge in [-0.1, -0.05) is 54.7 Å². The lowest BCUT2D eigenvalue weighted by Crippen LogP contribution is -2.34. The van der Waals surface area contributed by atoms with E-state index in [1.54, 1.807) is 22.7 Å². The summed E-state index contributed by atoms with van der Waals surface area (Å²) in [6.45, 7) is 2.44. The van der Waals surface area contributed by atoms with Crippen molar-refractivity contribution in [2.45, 2.75) is 20.0 Å². The van der Waals surface area contributed by atoms with Crippen molar-refractivity contribution in [2.75, 3.05) is 5.32 Å². The number of nitrogens with one attached hydrogen (secondary N) is 2. The molecule has 3 aromatic carbocycles. The first-order valence-electron chi connectivity index (χ1n) is 11.3. The molecule has 0 saturated heterocycles. The van der Waals surface area contributed by atoms with E-state index in [4.69, 9.17) is 17.0 Å². The van der Waals surface area contributed by atoms with Gasteiger partial charge in [0.15, 0.2) is 10.9 Å². The van der Waals surface area contributed by atoms with Crippen LogP contribution in [0.5, 0.6) is 5.75 Å². The largest absolute Gasteiger partial charge is 0.489 e. The number of carbonyl (C=O) groups is 1. The maximum Gasteiger partial charge on any atom is 0.257 e. The Kier molecular flexibility index (Phi) is 6.96. The second kappa shape index (κ2) is 10.6. The molecule has 0 aliphatic rings. The number of anilines is 1. The van der Waals surface area contributed by atoms with Crippen LogP contribution in [0.15, 0.2) is 78.9 Å². The molecule has 10 heteroatoms. The van der Waals surface area contributed by atoms with Crippen molar-refractivity contribution in [1.29, 1.82) is 0 Å². The highest BCUT2D eigenvalue weighted by Gasteiger charge is 2.13. The summed E-state index contributed by atoms with van der Waals surface area (Å²) in [7, 11) is 0. The van der Waals surface area contributed by atoms with Crippen LogP contribution in [0.1, 0.15) is 28.7 Å². The predicted molar refractivity (Wildman–Crippen MR) is 144 cm³/mol. The van der Waals surface area contributed by atoms with Crippen molar-refractivity contribution in [3.63, 3.8) is 0 Å². The zero-order chi connectivity index (χ0) is 24.9. The number of carbonyl (C=O) groups excluding carboxylic acids is 1. The number of benzene rings is 3. The molecule has 0 fully saturated rings. The summed E-state index contributed by atoms with van der Waals surface area (Å²) in [5.74, 6) is 1.12. The summed E-state index contributed by atoms with van der Waals surface area (Å²) in [6, 6.07) is 24.5. The molecule has 0 spiro atoms. The Morgan fingerprint density at radius 2 is 1.83 bits per heavy atom. The molecule has 5 rings (SSSR count). The summed E-state index contributed by atoms with van der Waals surface area (Å²) in [4.78, 5) is 13.5. The van der Waals surface area contributed by atoms with Crippen molar-refractivity contribution in [3.05, 3.63) is 95.8 Å². The van der Waals surface area contributed by atoms with Crippen LogP contribution in [0.3, 0.4) is 0 Å². The van der Waals surface area contributed by atoms with Crippen molar-refractivity contribution in [1.82, 2.24) is 25.1 Å². The van der Waals surface area contributed by atoms with Gasteiger partial charge in [0.2, 0.25) is 4.96 Å². The molecule has 0 aliphatic heterocycles. The fourth-order valence-corrected chi connectivity index (χ4v) is 4.57. The number of nitrogens with zero attached hydrogens (tertiary/aromatic N) is 4. The molecule has 2 heterocycles. The maximum atomic E-state index is 12.7. The summed E-state index contributed by atoms with van der Waals surface area (Å²) in [5, 5.41) is 19.7. The minimum absolute atomic E-state index is 0.203. The van der Waals surface area contributed by atoms with E-state index in [1.165, 1.54) is 11.3 Å². The van der Waals surface area contributed by atoms with E-state index in [1.807, 2.05) is 67.6 Å². The van der Waals surface area contributed by atoms with Gasteiger partial charge in [-0.2, -0.15) is 9.61 Å². The van der Waals surface area contributed by atoms with Crippen molar-refractivity contribution in [3.8, 4) is 16.3 Å². The maximum absolute atomic E-state index is 12.7. The number of amides is 1. The van der Waals surface area contributed by atoms with Gasteiger partial charge in [-0.3, -0.25) is 10.1 Å². The van der Waals surface area contributed by atoms with Gasteiger partial charge in [0.1, 0.15) is 17.4 Å². The van der Waals surface area contributed by atoms with E-state index in [0.717, 1.165) is 39.0 Å². The molecule has 0 saturated carbocycles. The molecule has 5 aromatic rings. The van der Waals surface area contributed by atoms with E-state index < -0.39 is 0 Å². The molecule has 0 bridgehead atoms. The molecule has 0 radical (unpaired) electrons. The molecular formula is C26H22N6O2S2. The summed E-state index contributed by atoms with van der Waals surface area (Å²) < 4.78 is 7.59. The number of hydrogen-bond acceptors (Lipinski definition) is 7. The first-order chi connectivity index (χ1) is 17.6. The Labute approximate surface area is 217 Å². The van der Waals surface area contributed by atoms with Gasteiger partial charge in [0.05, 0.1) is 0 Å². The number of thiocarbonyl (C=S) groups is 1. The highest BCUT2D eigenvalue weighted by atomic mass is 32.1. The Bertz CT molecular complexity index is 1510. The third-order valence-corrected chi connectivity index (χ3v) is 6.48. The van der Waals surface area contributed by atoms with E-state index in [2.05, 4.69) is 25.9 Å². The number of fused-ring (bicyclic) bond motifs is 1. The van der Waals surface area contributed by atoms with Crippen molar-refractivity contribution in [2.24, 2.45) is 0 Å². The average Bonchev–Trinajstić information content (AvgIpc) is 3.50. The fraction of sp³-hybridized carbons (Fsp3) is 0.115. The Hall–Kier alpha value is -4.15. The topological polar surface area (TPSA) is 93.4 Å². The molecule has 0 unspecified atom stereocenters. The first-order valence-corrected chi connectivity index (χ1v) is 12.5. The highest BCUT2D eigenvalue weighted by molar-refractivity contribution is 7.80. The average molecular weight is 515 g/mol. The zero-order valence-corrected chi connectivity index (χ0v) is 21.0. The third-order valence-electron chi connectivity index (χ3n) is 5.33. The number of hydrogen-bond donors (Lipinski definition) is 2. The smallest absolute Gasteiger partial charge is 0.257 e. The standard InChI is InChI=1S/C26H22N6O2S2/c1-2-22-29-30-26-32(22)31-24(36-26)18-11-13-20(14-12-18)27-25(35)28-23(33)19-9-6-10-21(15-19)34-16-17-7-4-3-5-8-17/h3-15H,2,16H2,1H3,(H2,27,28,33,35). The second-order valence-corrected chi connectivity index (χ2v) is 9.22. The third kappa shape index (κ3) is 5.40. The van der Waals surface area contributed by atoms with Gasteiger partial charge in [-0.15, -0.1) is 10.2 Å². The van der Waals surface area contributed by atoms with Crippen LogP contribution in [0.25, 0.3) is 15.5 Å². The van der Waals surface area contributed by atoms with Gasteiger partial charge >= 0.3 is 0 Å².